The van der Waals surface area contributed by atoms with E-state index in [9.17, 15) is 14.0 Å². The molecule has 7 rings (SSSR count). The number of amides is 1. The molecule has 32 heavy (non-hydrogen) atoms. The molecule has 0 bridgehead atoms. The van der Waals surface area contributed by atoms with Gasteiger partial charge in [0.2, 0.25) is 5.65 Å². The van der Waals surface area contributed by atoms with E-state index >= 15 is 0 Å². The van der Waals surface area contributed by atoms with E-state index in [1.54, 1.807) is 17.0 Å². The van der Waals surface area contributed by atoms with Crippen molar-refractivity contribution in [1.82, 2.24) is 24.5 Å². The molecule has 3 aliphatic heterocycles. The summed E-state index contributed by atoms with van der Waals surface area (Å²) < 4.78 is 21.7. The van der Waals surface area contributed by atoms with Gasteiger partial charge in [0.05, 0.1) is 23.6 Å². The number of nitrogens with zero attached hydrogens (tertiary/aromatic N) is 4. The highest BCUT2D eigenvalue weighted by atomic mass is 19.1. The van der Waals surface area contributed by atoms with Crippen molar-refractivity contribution in [3.05, 3.63) is 74.6 Å². The zero-order valence-electron chi connectivity index (χ0n) is 17.0. The Morgan fingerprint density at radius 3 is 2.78 bits per heavy atom. The molecule has 2 aromatic carbocycles. The lowest BCUT2D eigenvalue weighted by Crippen LogP contribution is -2.22. The molecular formula is C23H18FN5O3. The molecule has 1 N–H and O–H groups in total. The van der Waals surface area contributed by atoms with Crippen LogP contribution in [0.4, 0.5) is 4.39 Å². The van der Waals surface area contributed by atoms with Crippen LogP contribution in [0, 0.1) is 5.82 Å². The average molecular weight is 431 g/mol. The number of ether oxygens (including phenoxy) is 1. The molecule has 0 radical (unpaired) electrons. The van der Waals surface area contributed by atoms with Gasteiger partial charge in [-0.1, -0.05) is 12.1 Å². The molecule has 0 aliphatic carbocycles. The van der Waals surface area contributed by atoms with E-state index < -0.39 is 0 Å². The van der Waals surface area contributed by atoms with Gasteiger partial charge in [0, 0.05) is 30.3 Å². The van der Waals surface area contributed by atoms with Gasteiger partial charge in [-0.15, -0.1) is 10.2 Å². The molecule has 0 saturated carbocycles. The van der Waals surface area contributed by atoms with E-state index in [1.807, 2.05) is 16.5 Å². The van der Waals surface area contributed by atoms with Gasteiger partial charge in [0.15, 0.2) is 0 Å². The first kappa shape index (κ1) is 18.0. The summed E-state index contributed by atoms with van der Waals surface area (Å²) in [6.45, 7) is 1.52. The molecule has 8 nitrogen and oxygen atoms in total. The summed E-state index contributed by atoms with van der Waals surface area (Å²) >= 11 is 0. The second kappa shape index (κ2) is 6.23. The smallest absolute Gasteiger partial charge is 0.294 e. The Labute approximate surface area is 180 Å². The Morgan fingerprint density at radius 1 is 1.09 bits per heavy atom. The van der Waals surface area contributed by atoms with E-state index in [-0.39, 0.29) is 41.4 Å². The molecule has 3 aliphatic rings. The average Bonchev–Trinajstić information content (AvgIpc) is 3.48. The first-order valence-corrected chi connectivity index (χ1v) is 10.7. The van der Waals surface area contributed by atoms with Crippen molar-refractivity contribution in [2.75, 3.05) is 13.2 Å². The highest BCUT2D eigenvalue weighted by Gasteiger charge is 2.44. The third kappa shape index (κ3) is 2.23. The Kier molecular flexibility index (Phi) is 3.51. The van der Waals surface area contributed by atoms with E-state index in [1.165, 1.54) is 6.07 Å². The van der Waals surface area contributed by atoms with Crippen LogP contribution in [0.2, 0.25) is 0 Å². The molecule has 1 atom stereocenters. The van der Waals surface area contributed by atoms with Crippen molar-refractivity contribution in [2.45, 2.75) is 31.3 Å². The van der Waals surface area contributed by atoms with Crippen LogP contribution in [-0.2, 0) is 11.3 Å². The van der Waals surface area contributed by atoms with E-state index in [4.69, 9.17) is 4.74 Å². The van der Waals surface area contributed by atoms with E-state index in [2.05, 4.69) is 15.2 Å². The number of carbonyl (C=O) groups excluding carboxylic acids is 1. The predicted octanol–water partition coefficient (Wildman–Crippen LogP) is 2.66. The summed E-state index contributed by atoms with van der Waals surface area (Å²) in [6, 6.07) is 8.32. The number of rotatable bonds is 1. The number of aromatic amines is 1. The lowest BCUT2D eigenvalue weighted by atomic mass is 9.95. The van der Waals surface area contributed by atoms with Crippen LogP contribution in [0.5, 0.6) is 0 Å². The van der Waals surface area contributed by atoms with Crippen LogP contribution in [0.1, 0.15) is 57.7 Å². The minimum absolute atomic E-state index is 0.136. The molecular weight excluding hydrogens is 413 g/mol. The number of aromatic nitrogens is 4. The minimum Gasteiger partial charge on any atom is -0.381 e. The first-order valence-electron chi connectivity index (χ1n) is 10.7. The lowest BCUT2D eigenvalue weighted by Gasteiger charge is -2.21. The number of hydrogen-bond donors (Lipinski definition) is 1. The fourth-order valence-corrected chi connectivity index (χ4v) is 5.49. The van der Waals surface area contributed by atoms with Crippen molar-refractivity contribution < 1.29 is 13.9 Å². The van der Waals surface area contributed by atoms with E-state index in [0.717, 1.165) is 35.3 Å². The molecule has 9 heteroatoms. The number of nitrogens with one attached hydrogen (secondary N) is 1. The summed E-state index contributed by atoms with van der Waals surface area (Å²) in [4.78, 5) is 30.5. The molecule has 1 fully saturated rings. The summed E-state index contributed by atoms with van der Waals surface area (Å²) in [6.07, 6.45) is 1.61. The van der Waals surface area contributed by atoms with Crippen LogP contribution in [-0.4, -0.2) is 43.6 Å². The quantitative estimate of drug-likeness (QED) is 0.500. The maximum Gasteiger partial charge on any atom is 0.294 e. The highest BCUT2D eigenvalue weighted by Crippen LogP contribution is 2.47. The maximum atomic E-state index is 14.4. The number of benzene rings is 2. The molecule has 0 spiro atoms. The van der Waals surface area contributed by atoms with Crippen molar-refractivity contribution in [2.24, 2.45) is 0 Å². The standard InChI is InChI=1S/C23H18FN5O3/c24-16-3-1-2-12-15(16)10-28-19(12)13-9-18-17(8-14(13)23(28)31)25-22(30)21-27-26-20(29(18)21)11-4-6-32-7-5-11/h1-3,8-9,11,19H,4-7,10H2,(H,25,30). The van der Waals surface area contributed by atoms with Gasteiger partial charge in [-0.25, -0.2) is 4.39 Å². The number of carbonyl (C=O) groups is 1. The number of hydrogen-bond acceptors (Lipinski definition) is 5. The van der Waals surface area contributed by atoms with Gasteiger partial charge in [0.1, 0.15) is 11.6 Å². The molecule has 5 heterocycles. The zero-order valence-corrected chi connectivity index (χ0v) is 17.0. The summed E-state index contributed by atoms with van der Waals surface area (Å²) in [5.41, 5.74) is 3.91. The SMILES string of the molecule is O=C1c2cc3[nH]c(=O)c4nnc(C5CCOCC5)n4c3cc2C2c3cccc(F)c3CN12. The van der Waals surface area contributed by atoms with Crippen LogP contribution in [0.3, 0.4) is 0 Å². The Hall–Kier alpha value is -3.59. The largest absolute Gasteiger partial charge is 0.381 e. The van der Waals surface area contributed by atoms with Gasteiger partial charge < -0.3 is 14.6 Å². The summed E-state index contributed by atoms with van der Waals surface area (Å²) in [5.74, 6) is 0.422. The first-order chi connectivity index (χ1) is 15.6. The zero-order chi connectivity index (χ0) is 21.6. The van der Waals surface area contributed by atoms with Gasteiger partial charge in [0.25, 0.3) is 11.5 Å². The number of halogens is 1. The van der Waals surface area contributed by atoms with Gasteiger partial charge in [-0.2, -0.15) is 0 Å². The predicted molar refractivity (Wildman–Crippen MR) is 112 cm³/mol. The van der Waals surface area contributed by atoms with Crippen LogP contribution >= 0.6 is 0 Å². The highest BCUT2D eigenvalue weighted by molar-refractivity contribution is 6.03. The molecule has 4 aromatic rings. The molecule has 1 amide bonds. The third-order valence-corrected chi connectivity index (χ3v) is 7.01. The Morgan fingerprint density at radius 2 is 1.94 bits per heavy atom. The summed E-state index contributed by atoms with van der Waals surface area (Å²) in [7, 11) is 0. The minimum atomic E-state index is -0.346. The van der Waals surface area contributed by atoms with Crippen molar-refractivity contribution in [3.8, 4) is 0 Å². The van der Waals surface area contributed by atoms with Crippen molar-refractivity contribution in [3.63, 3.8) is 0 Å². The number of fused-ring (bicyclic) bond motifs is 8. The molecule has 160 valence electrons. The fourth-order valence-electron chi connectivity index (χ4n) is 5.49. The Bertz CT molecular complexity index is 1520. The second-order valence-corrected chi connectivity index (χ2v) is 8.66. The monoisotopic (exact) mass is 431 g/mol. The topological polar surface area (TPSA) is 92.6 Å². The maximum absolute atomic E-state index is 14.4. The summed E-state index contributed by atoms with van der Waals surface area (Å²) in [5, 5.41) is 8.53. The fraction of sp³-hybridized carbons (Fsp3) is 0.304. The van der Waals surface area contributed by atoms with Gasteiger partial charge in [-0.05, 0) is 42.2 Å². The normalized spacial score (nSPS) is 20.2. The van der Waals surface area contributed by atoms with Crippen LogP contribution < -0.4 is 5.56 Å². The van der Waals surface area contributed by atoms with E-state index in [0.29, 0.717) is 29.9 Å². The molecule has 1 saturated heterocycles. The second-order valence-electron chi connectivity index (χ2n) is 8.66. The van der Waals surface area contributed by atoms with Gasteiger partial charge >= 0.3 is 0 Å². The van der Waals surface area contributed by atoms with Crippen LogP contribution in [0.25, 0.3) is 16.7 Å². The third-order valence-electron chi connectivity index (χ3n) is 7.01. The van der Waals surface area contributed by atoms with Crippen LogP contribution in [0.15, 0.2) is 35.1 Å². The molecule has 1 unspecified atom stereocenters. The lowest BCUT2D eigenvalue weighted by molar-refractivity contribution is 0.0758. The Balaban J connectivity index is 1.51. The number of H-pyrrole nitrogens is 1. The van der Waals surface area contributed by atoms with Gasteiger partial charge in [-0.3, -0.25) is 14.0 Å². The van der Waals surface area contributed by atoms with Crippen molar-refractivity contribution in [1.29, 1.82) is 0 Å². The molecule has 2 aromatic heterocycles. The van der Waals surface area contributed by atoms with Crippen molar-refractivity contribution >= 4 is 22.6 Å².